The predicted octanol–water partition coefficient (Wildman–Crippen LogP) is 3.31. The zero-order chi connectivity index (χ0) is 18.8. The molecular weight excluding hydrogens is 340 g/mol. The normalized spacial score (nSPS) is 24.0. The van der Waals surface area contributed by atoms with E-state index in [2.05, 4.69) is 88.4 Å². The maximum atomic E-state index is 9.83. The molecule has 3 nitrogen and oxygen atoms in total. The first kappa shape index (κ1) is 19.3. The van der Waals surface area contributed by atoms with Crippen LogP contribution in [-0.4, -0.2) is 32.4 Å². The minimum atomic E-state index is -2.53. The van der Waals surface area contributed by atoms with E-state index in [4.69, 9.17) is 9.16 Å². The molecule has 2 aromatic rings. The van der Waals surface area contributed by atoms with E-state index in [0.29, 0.717) is 18.9 Å². The fraction of sp³-hybridized carbons (Fsp3) is 0.455. The molecular formula is C22H30O3Si. The van der Waals surface area contributed by atoms with E-state index in [1.165, 1.54) is 10.4 Å². The molecule has 0 saturated carbocycles. The van der Waals surface area contributed by atoms with Crippen molar-refractivity contribution < 1.29 is 14.3 Å². The SMILES string of the molecule is C[C@H]1CC(O)O[C@H]1CO[Si](c1ccccc1)(c1ccccc1)C(C)(C)C. The van der Waals surface area contributed by atoms with Gasteiger partial charge in [0.15, 0.2) is 6.29 Å². The highest BCUT2D eigenvalue weighted by atomic mass is 28.4. The molecule has 1 unspecified atom stereocenters. The van der Waals surface area contributed by atoms with Gasteiger partial charge in [-0.2, -0.15) is 0 Å². The summed E-state index contributed by atoms with van der Waals surface area (Å²) >= 11 is 0. The van der Waals surface area contributed by atoms with Gasteiger partial charge in [0.1, 0.15) is 0 Å². The molecule has 0 aliphatic carbocycles. The maximum absolute atomic E-state index is 9.83. The molecule has 1 aliphatic heterocycles. The summed E-state index contributed by atoms with van der Waals surface area (Å²) in [6.45, 7) is 9.44. The van der Waals surface area contributed by atoms with Crippen LogP contribution in [0.3, 0.4) is 0 Å². The number of benzene rings is 2. The van der Waals surface area contributed by atoms with E-state index in [0.717, 1.165) is 0 Å². The molecule has 0 aromatic heterocycles. The Labute approximate surface area is 158 Å². The molecule has 1 saturated heterocycles. The molecule has 1 aliphatic rings. The average molecular weight is 371 g/mol. The lowest BCUT2D eigenvalue weighted by atomic mass is 10.1. The summed E-state index contributed by atoms with van der Waals surface area (Å²) in [6, 6.07) is 21.2. The second-order valence-electron chi connectivity index (χ2n) is 8.32. The van der Waals surface area contributed by atoms with Crippen molar-refractivity contribution in [1.29, 1.82) is 0 Å². The number of rotatable bonds is 5. The Morgan fingerprint density at radius 2 is 1.50 bits per heavy atom. The topological polar surface area (TPSA) is 38.7 Å². The second kappa shape index (κ2) is 7.65. The van der Waals surface area contributed by atoms with Crippen LogP contribution in [0.1, 0.15) is 34.1 Å². The van der Waals surface area contributed by atoms with Gasteiger partial charge in [0.05, 0.1) is 12.7 Å². The maximum Gasteiger partial charge on any atom is 0.261 e. The first-order valence-corrected chi connectivity index (χ1v) is 11.3. The van der Waals surface area contributed by atoms with E-state index < -0.39 is 14.6 Å². The molecule has 26 heavy (non-hydrogen) atoms. The number of ether oxygens (including phenoxy) is 1. The van der Waals surface area contributed by atoms with E-state index >= 15 is 0 Å². The summed E-state index contributed by atoms with van der Waals surface area (Å²) < 4.78 is 12.6. The highest BCUT2D eigenvalue weighted by Gasteiger charge is 2.50. The number of aliphatic hydroxyl groups is 1. The fourth-order valence-electron chi connectivity index (χ4n) is 4.03. The van der Waals surface area contributed by atoms with Crippen molar-refractivity contribution in [1.82, 2.24) is 0 Å². The quantitative estimate of drug-likeness (QED) is 0.821. The van der Waals surface area contributed by atoms with Crippen molar-refractivity contribution in [2.75, 3.05) is 6.61 Å². The molecule has 0 radical (unpaired) electrons. The minimum Gasteiger partial charge on any atom is -0.405 e. The lowest BCUT2D eigenvalue weighted by Gasteiger charge is -2.43. The highest BCUT2D eigenvalue weighted by Crippen LogP contribution is 2.37. The molecule has 3 atom stereocenters. The van der Waals surface area contributed by atoms with Crippen LogP contribution in [0.5, 0.6) is 0 Å². The first-order valence-electron chi connectivity index (χ1n) is 9.43. The molecule has 0 bridgehead atoms. The van der Waals surface area contributed by atoms with Crippen molar-refractivity contribution in [3.05, 3.63) is 60.7 Å². The van der Waals surface area contributed by atoms with Gasteiger partial charge >= 0.3 is 0 Å². The summed E-state index contributed by atoms with van der Waals surface area (Å²) in [7, 11) is -2.53. The van der Waals surface area contributed by atoms with Gasteiger partial charge in [0.25, 0.3) is 8.32 Å². The fourth-order valence-corrected chi connectivity index (χ4v) is 8.60. The van der Waals surface area contributed by atoms with Gasteiger partial charge in [-0.3, -0.25) is 0 Å². The Morgan fingerprint density at radius 3 is 1.88 bits per heavy atom. The van der Waals surface area contributed by atoms with E-state index in [9.17, 15) is 5.11 Å². The number of hydrogen-bond donors (Lipinski definition) is 1. The average Bonchev–Trinajstić information content (AvgIpc) is 2.94. The Morgan fingerprint density at radius 1 is 1.00 bits per heavy atom. The zero-order valence-electron chi connectivity index (χ0n) is 16.2. The van der Waals surface area contributed by atoms with Crippen LogP contribution >= 0.6 is 0 Å². The first-order chi connectivity index (χ1) is 12.3. The molecule has 1 N–H and O–H groups in total. The largest absolute Gasteiger partial charge is 0.405 e. The molecule has 140 valence electrons. The van der Waals surface area contributed by atoms with Crippen LogP contribution < -0.4 is 10.4 Å². The number of aliphatic hydroxyl groups excluding tert-OH is 1. The molecule has 0 amide bonds. The molecule has 2 aromatic carbocycles. The van der Waals surface area contributed by atoms with Crippen LogP contribution in [0.4, 0.5) is 0 Å². The minimum absolute atomic E-state index is 0.0455. The zero-order valence-corrected chi connectivity index (χ0v) is 17.2. The Kier molecular flexibility index (Phi) is 5.68. The van der Waals surface area contributed by atoms with Gasteiger partial charge in [0.2, 0.25) is 0 Å². The van der Waals surface area contributed by atoms with Crippen molar-refractivity contribution in [2.24, 2.45) is 5.92 Å². The molecule has 4 heteroatoms. The van der Waals surface area contributed by atoms with Gasteiger partial charge < -0.3 is 14.3 Å². The monoisotopic (exact) mass is 370 g/mol. The van der Waals surface area contributed by atoms with Crippen molar-refractivity contribution >= 4 is 18.7 Å². The standard InChI is InChI=1S/C22H30O3Si/c1-17-15-21(23)25-20(17)16-24-26(22(2,3)4,18-11-7-5-8-12-18)19-13-9-6-10-14-19/h5-14,17,20-21,23H,15-16H2,1-4H3/t17-,20-,21?/m0/s1. The van der Waals surface area contributed by atoms with Crippen LogP contribution in [0, 0.1) is 5.92 Å². The van der Waals surface area contributed by atoms with Crippen molar-refractivity contribution in [2.45, 2.75) is 51.5 Å². The third-order valence-corrected chi connectivity index (χ3v) is 10.4. The lowest BCUT2D eigenvalue weighted by Crippen LogP contribution is -2.67. The molecule has 3 rings (SSSR count). The Balaban J connectivity index is 2.03. The third kappa shape index (κ3) is 3.65. The summed E-state index contributed by atoms with van der Waals surface area (Å²) in [5.74, 6) is 0.295. The summed E-state index contributed by atoms with van der Waals surface area (Å²) in [6.07, 6.45) is -0.0567. The van der Waals surface area contributed by atoms with Gasteiger partial charge in [-0.05, 0) is 21.3 Å². The summed E-state index contributed by atoms with van der Waals surface area (Å²) in [4.78, 5) is 0. The van der Waals surface area contributed by atoms with Gasteiger partial charge in [-0.15, -0.1) is 0 Å². The number of hydrogen-bond acceptors (Lipinski definition) is 3. The Hall–Kier alpha value is -1.46. The smallest absolute Gasteiger partial charge is 0.261 e. The van der Waals surface area contributed by atoms with Gasteiger partial charge in [0, 0.05) is 6.42 Å². The van der Waals surface area contributed by atoms with E-state index in [1.54, 1.807) is 0 Å². The molecule has 0 spiro atoms. The predicted molar refractivity (Wildman–Crippen MR) is 108 cm³/mol. The van der Waals surface area contributed by atoms with Gasteiger partial charge in [-0.25, -0.2) is 0 Å². The Bertz CT molecular complexity index is 657. The van der Waals surface area contributed by atoms with Gasteiger partial charge in [-0.1, -0.05) is 88.4 Å². The van der Waals surface area contributed by atoms with Crippen LogP contribution in [0.25, 0.3) is 0 Å². The van der Waals surface area contributed by atoms with Crippen molar-refractivity contribution in [3.8, 4) is 0 Å². The summed E-state index contributed by atoms with van der Waals surface area (Å²) in [5, 5.41) is 12.3. The van der Waals surface area contributed by atoms with Crippen LogP contribution in [0.15, 0.2) is 60.7 Å². The van der Waals surface area contributed by atoms with E-state index in [1.807, 2.05) is 0 Å². The summed E-state index contributed by atoms with van der Waals surface area (Å²) in [5.41, 5.74) is 0. The lowest BCUT2D eigenvalue weighted by molar-refractivity contribution is -0.101. The van der Waals surface area contributed by atoms with Crippen LogP contribution in [-0.2, 0) is 9.16 Å². The third-order valence-electron chi connectivity index (χ3n) is 5.42. The molecule has 1 heterocycles. The second-order valence-corrected chi connectivity index (χ2v) is 12.6. The van der Waals surface area contributed by atoms with Crippen molar-refractivity contribution in [3.63, 3.8) is 0 Å². The van der Waals surface area contributed by atoms with E-state index in [-0.39, 0.29) is 11.1 Å². The molecule has 1 fully saturated rings. The van der Waals surface area contributed by atoms with Crippen LogP contribution in [0.2, 0.25) is 5.04 Å². The highest BCUT2D eigenvalue weighted by molar-refractivity contribution is 6.99.